The van der Waals surface area contributed by atoms with Crippen LogP contribution in [-0.4, -0.2) is 30.9 Å². The molecule has 2 saturated heterocycles. The molecule has 2 fully saturated rings. The van der Waals surface area contributed by atoms with E-state index in [1.54, 1.807) is 72.8 Å². The second kappa shape index (κ2) is 8.95. The maximum Gasteiger partial charge on any atom is 0.323 e. The fourth-order valence-corrected chi connectivity index (χ4v) is 5.75. The second-order valence-electron chi connectivity index (χ2n) is 8.47. The van der Waals surface area contributed by atoms with E-state index in [2.05, 4.69) is 5.32 Å². The van der Waals surface area contributed by atoms with Gasteiger partial charge in [0.1, 0.15) is 6.04 Å². The van der Waals surface area contributed by atoms with Gasteiger partial charge in [0, 0.05) is 15.1 Å². The summed E-state index contributed by atoms with van der Waals surface area (Å²) < 4.78 is 5.04. The Morgan fingerprint density at radius 2 is 1.43 bits per heavy atom. The zero-order chi connectivity index (χ0) is 24.9. The van der Waals surface area contributed by atoms with Gasteiger partial charge in [-0.15, -0.1) is 0 Å². The summed E-state index contributed by atoms with van der Waals surface area (Å²) in [6.07, 6.45) is 0. The first-order chi connectivity index (χ1) is 16.8. The fourth-order valence-electron chi connectivity index (χ4n) is 5.24. The summed E-state index contributed by atoms with van der Waals surface area (Å²) in [5.41, 5.74) is 0.321. The lowest BCUT2D eigenvalue weighted by Crippen LogP contribution is -2.52. The number of nitrogens with zero attached hydrogens (tertiary/aromatic N) is 1. The quantitative estimate of drug-likeness (QED) is 0.387. The van der Waals surface area contributed by atoms with E-state index in [1.165, 1.54) is 7.11 Å². The van der Waals surface area contributed by atoms with Crippen LogP contribution >= 0.6 is 34.8 Å². The molecule has 3 atom stereocenters. The van der Waals surface area contributed by atoms with Gasteiger partial charge in [-0.3, -0.25) is 19.7 Å². The predicted molar refractivity (Wildman–Crippen MR) is 134 cm³/mol. The maximum atomic E-state index is 14.1. The molecule has 0 spiro atoms. The van der Waals surface area contributed by atoms with Crippen LogP contribution in [0.5, 0.6) is 0 Å². The lowest BCUT2D eigenvalue weighted by atomic mass is 9.71. The van der Waals surface area contributed by atoms with E-state index in [1.807, 2.05) is 0 Å². The third kappa shape index (κ3) is 3.72. The van der Waals surface area contributed by atoms with Crippen molar-refractivity contribution in [2.24, 2.45) is 11.8 Å². The van der Waals surface area contributed by atoms with E-state index in [9.17, 15) is 14.4 Å². The molecule has 1 N–H and O–H groups in total. The van der Waals surface area contributed by atoms with E-state index in [0.717, 1.165) is 4.90 Å². The Morgan fingerprint density at radius 3 is 1.94 bits per heavy atom. The predicted octanol–water partition coefficient (Wildman–Crippen LogP) is 4.84. The number of amides is 2. The Bertz CT molecular complexity index is 1300. The standard InChI is InChI=1S/C26H19Cl3N2O4/c1-35-25(34)22-20-21(24(33)31(23(20)32)19-10-8-16(27)9-11-19)26(30-22,14-4-2-6-17(28)12-14)15-5-3-7-18(29)13-15/h2-13,20-22,30H,1H3/t20-,21+,22+/m0/s1. The SMILES string of the molecule is COC(=O)[C@@H]1NC(c2cccc(Cl)c2)(c2cccc(Cl)c2)[C@H]2C(=O)N(c3ccc(Cl)cc3)C(=O)[C@H]12. The van der Waals surface area contributed by atoms with Crippen LogP contribution in [0.1, 0.15) is 11.1 Å². The summed E-state index contributed by atoms with van der Waals surface area (Å²) in [6, 6.07) is 19.3. The summed E-state index contributed by atoms with van der Waals surface area (Å²) >= 11 is 18.7. The summed E-state index contributed by atoms with van der Waals surface area (Å²) in [5, 5.41) is 4.65. The molecule has 0 aromatic heterocycles. The number of imide groups is 1. The number of fused-ring (bicyclic) bond motifs is 1. The molecule has 0 radical (unpaired) electrons. The Kier molecular flexibility index (Phi) is 6.09. The molecule has 0 bridgehead atoms. The molecular weight excluding hydrogens is 511 g/mol. The molecule has 2 aliphatic heterocycles. The number of esters is 1. The lowest BCUT2D eigenvalue weighted by molar-refractivity contribution is -0.145. The molecule has 3 aromatic carbocycles. The molecule has 0 saturated carbocycles. The van der Waals surface area contributed by atoms with Crippen molar-refractivity contribution in [2.45, 2.75) is 11.6 Å². The van der Waals surface area contributed by atoms with E-state index in [4.69, 9.17) is 39.5 Å². The van der Waals surface area contributed by atoms with E-state index in [0.29, 0.717) is 31.9 Å². The Labute approximate surface area is 216 Å². The largest absolute Gasteiger partial charge is 0.468 e. The molecular formula is C26H19Cl3N2O4. The van der Waals surface area contributed by atoms with Gasteiger partial charge in [-0.05, 0) is 59.7 Å². The number of benzene rings is 3. The van der Waals surface area contributed by atoms with Crippen LogP contribution in [-0.2, 0) is 24.7 Å². The van der Waals surface area contributed by atoms with Gasteiger partial charge in [0.2, 0.25) is 11.8 Å². The number of ether oxygens (including phenoxy) is 1. The maximum absolute atomic E-state index is 14.1. The van der Waals surface area contributed by atoms with Gasteiger partial charge in [-0.2, -0.15) is 0 Å². The van der Waals surface area contributed by atoms with Crippen LogP contribution in [0.2, 0.25) is 15.1 Å². The number of hydrogen-bond acceptors (Lipinski definition) is 5. The topological polar surface area (TPSA) is 75.7 Å². The number of methoxy groups -OCH3 is 1. The number of nitrogens with one attached hydrogen (secondary N) is 1. The number of anilines is 1. The van der Waals surface area contributed by atoms with Crippen LogP contribution in [0.3, 0.4) is 0 Å². The molecule has 178 valence electrons. The molecule has 2 amide bonds. The zero-order valence-corrected chi connectivity index (χ0v) is 20.6. The highest BCUT2D eigenvalue weighted by molar-refractivity contribution is 6.31. The van der Waals surface area contributed by atoms with Crippen LogP contribution in [0.25, 0.3) is 0 Å². The van der Waals surface area contributed by atoms with Crippen molar-refractivity contribution in [1.29, 1.82) is 0 Å². The van der Waals surface area contributed by atoms with Crippen molar-refractivity contribution >= 4 is 58.3 Å². The zero-order valence-electron chi connectivity index (χ0n) is 18.4. The molecule has 6 nitrogen and oxygen atoms in total. The van der Waals surface area contributed by atoms with Gasteiger partial charge in [-0.1, -0.05) is 59.1 Å². The van der Waals surface area contributed by atoms with Crippen LogP contribution in [0, 0.1) is 11.8 Å². The smallest absolute Gasteiger partial charge is 0.323 e. The summed E-state index contributed by atoms with van der Waals surface area (Å²) in [6.45, 7) is 0. The molecule has 0 unspecified atom stereocenters. The minimum atomic E-state index is -1.28. The van der Waals surface area contributed by atoms with Gasteiger partial charge < -0.3 is 4.74 Å². The molecule has 9 heteroatoms. The van der Waals surface area contributed by atoms with Gasteiger partial charge >= 0.3 is 5.97 Å². The second-order valence-corrected chi connectivity index (χ2v) is 9.77. The molecule has 3 aromatic rings. The highest BCUT2D eigenvalue weighted by Gasteiger charge is 2.68. The summed E-state index contributed by atoms with van der Waals surface area (Å²) in [7, 11) is 1.25. The van der Waals surface area contributed by atoms with Gasteiger partial charge in [-0.25, -0.2) is 4.90 Å². The highest BCUT2D eigenvalue weighted by Crippen LogP contribution is 2.53. The number of rotatable bonds is 4. The van der Waals surface area contributed by atoms with Crippen molar-refractivity contribution in [2.75, 3.05) is 12.0 Å². The third-order valence-electron chi connectivity index (χ3n) is 6.66. The lowest BCUT2D eigenvalue weighted by Gasteiger charge is -2.36. The molecule has 2 aliphatic rings. The molecule has 0 aliphatic carbocycles. The highest BCUT2D eigenvalue weighted by atomic mass is 35.5. The van der Waals surface area contributed by atoms with Crippen molar-refractivity contribution in [3.05, 3.63) is 99.0 Å². The van der Waals surface area contributed by atoms with Crippen LogP contribution in [0.4, 0.5) is 5.69 Å². The molecule has 2 heterocycles. The number of halogens is 3. The van der Waals surface area contributed by atoms with Gasteiger partial charge in [0.15, 0.2) is 0 Å². The third-order valence-corrected chi connectivity index (χ3v) is 7.38. The average Bonchev–Trinajstić information content (AvgIpc) is 3.34. The number of hydrogen-bond donors (Lipinski definition) is 1. The Hall–Kier alpha value is -2.90. The monoisotopic (exact) mass is 528 g/mol. The van der Waals surface area contributed by atoms with Gasteiger partial charge in [0.25, 0.3) is 0 Å². The van der Waals surface area contributed by atoms with Gasteiger partial charge in [0.05, 0.1) is 30.2 Å². The first-order valence-electron chi connectivity index (χ1n) is 10.8. The average molecular weight is 530 g/mol. The minimum Gasteiger partial charge on any atom is -0.468 e. The van der Waals surface area contributed by atoms with Crippen molar-refractivity contribution in [3.63, 3.8) is 0 Å². The molecule has 5 rings (SSSR count). The van der Waals surface area contributed by atoms with E-state index < -0.39 is 41.2 Å². The van der Waals surface area contributed by atoms with Crippen LogP contribution in [0.15, 0.2) is 72.8 Å². The first kappa shape index (κ1) is 23.8. The minimum absolute atomic E-state index is 0.369. The summed E-state index contributed by atoms with van der Waals surface area (Å²) in [5.74, 6) is -3.61. The number of carbonyl (C=O) groups is 3. The van der Waals surface area contributed by atoms with Crippen molar-refractivity contribution in [1.82, 2.24) is 5.32 Å². The molecule has 35 heavy (non-hydrogen) atoms. The van der Waals surface area contributed by atoms with E-state index in [-0.39, 0.29) is 0 Å². The van der Waals surface area contributed by atoms with Crippen LogP contribution < -0.4 is 10.2 Å². The normalized spacial score (nSPS) is 22.9. The fraction of sp³-hybridized carbons (Fsp3) is 0.192. The van der Waals surface area contributed by atoms with E-state index >= 15 is 0 Å². The Balaban J connectivity index is 1.77. The summed E-state index contributed by atoms with van der Waals surface area (Å²) in [4.78, 5) is 41.9. The Morgan fingerprint density at radius 1 is 0.857 bits per heavy atom. The van der Waals surface area contributed by atoms with Crippen molar-refractivity contribution < 1.29 is 19.1 Å². The first-order valence-corrected chi connectivity index (χ1v) is 11.9. The van der Waals surface area contributed by atoms with Crippen molar-refractivity contribution in [3.8, 4) is 0 Å². The number of carbonyl (C=O) groups excluding carboxylic acids is 3.